The lowest BCUT2D eigenvalue weighted by Gasteiger charge is -2.16. The summed E-state index contributed by atoms with van der Waals surface area (Å²) in [6.45, 7) is -1.77. The number of rotatable bonds is 4. The molecule has 1 saturated heterocycles. The SMILES string of the molecule is O=C(NCC(F)(F)F)c1ccccc1CN1C(=O)CNC1=O. The molecule has 0 bridgehead atoms. The smallest absolute Gasteiger partial charge is 0.343 e. The van der Waals surface area contributed by atoms with E-state index in [9.17, 15) is 27.6 Å². The first kappa shape index (κ1) is 15.8. The molecule has 1 aliphatic heterocycles. The van der Waals surface area contributed by atoms with Crippen LogP contribution < -0.4 is 10.6 Å². The van der Waals surface area contributed by atoms with Crippen LogP contribution in [0.3, 0.4) is 0 Å². The molecule has 0 saturated carbocycles. The largest absolute Gasteiger partial charge is 0.405 e. The number of nitrogens with one attached hydrogen (secondary N) is 2. The maximum absolute atomic E-state index is 12.1. The molecule has 1 heterocycles. The highest BCUT2D eigenvalue weighted by Crippen LogP contribution is 2.16. The fraction of sp³-hybridized carbons (Fsp3) is 0.308. The summed E-state index contributed by atoms with van der Waals surface area (Å²) in [7, 11) is 0. The van der Waals surface area contributed by atoms with Crippen molar-refractivity contribution in [2.75, 3.05) is 13.1 Å². The molecule has 118 valence electrons. The van der Waals surface area contributed by atoms with Crippen LogP contribution in [0.5, 0.6) is 0 Å². The van der Waals surface area contributed by atoms with Gasteiger partial charge in [-0.15, -0.1) is 0 Å². The number of hydrogen-bond acceptors (Lipinski definition) is 3. The molecular weight excluding hydrogens is 303 g/mol. The molecule has 0 spiro atoms. The van der Waals surface area contributed by atoms with E-state index in [1.54, 1.807) is 11.4 Å². The topological polar surface area (TPSA) is 78.5 Å². The van der Waals surface area contributed by atoms with Crippen molar-refractivity contribution in [1.29, 1.82) is 0 Å². The van der Waals surface area contributed by atoms with Crippen molar-refractivity contribution < 1.29 is 27.6 Å². The van der Waals surface area contributed by atoms with Crippen molar-refractivity contribution in [2.24, 2.45) is 0 Å². The summed E-state index contributed by atoms with van der Waals surface area (Å²) in [4.78, 5) is 35.7. The normalized spacial score (nSPS) is 15.0. The number of benzene rings is 1. The number of nitrogens with zero attached hydrogens (tertiary/aromatic N) is 1. The van der Waals surface area contributed by atoms with Crippen LogP contribution in [0.15, 0.2) is 24.3 Å². The van der Waals surface area contributed by atoms with Gasteiger partial charge in [-0.25, -0.2) is 4.79 Å². The van der Waals surface area contributed by atoms with E-state index in [-0.39, 0.29) is 24.2 Å². The van der Waals surface area contributed by atoms with E-state index in [0.29, 0.717) is 0 Å². The minimum absolute atomic E-state index is 0.0146. The minimum Gasteiger partial charge on any atom is -0.343 e. The second-order valence-corrected chi connectivity index (χ2v) is 4.59. The van der Waals surface area contributed by atoms with E-state index >= 15 is 0 Å². The molecule has 0 radical (unpaired) electrons. The van der Waals surface area contributed by atoms with Crippen LogP contribution in [0, 0.1) is 0 Å². The van der Waals surface area contributed by atoms with Gasteiger partial charge < -0.3 is 10.6 Å². The molecule has 2 N–H and O–H groups in total. The number of hydrogen-bond donors (Lipinski definition) is 2. The van der Waals surface area contributed by atoms with E-state index in [4.69, 9.17) is 0 Å². The molecule has 1 aromatic carbocycles. The van der Waals surface area contributed by atoms with Gasteiger partial charge in [0.15, 0.2) is 0 Å². The Balaban J connectivity index is 2.14. The van der Waals surface area contributed by atoms with Gasteiger partial charge in [0, 0.05) is 5.56 Å². The second-order valence-electron chi connectivity index (χ2n) is 4.59. The fourth-order valence-electron chi connectivity index (χ4n) is 1.94. The van der Waals surface area contributed by atoms with Gasteiger partial charge in [0.25, 0.3) is 5.91 Å². The number of halogens is 3. The molecule has 2 rings (SSSR count). The molecular formula is C13H12F3N3O3. The summed E-state index contributed by atoms with van der Waals surface area (Å²) >= 11 is 0. The van der Waals surface area contributed by atoms with Crippen LogP contribution in [-0.2, 0) is 11.3 Å². The number of urea groups is 1. The van der Waals surface area contributed by atoms with Gasteiger partial charge in [-0.05, 0) is 11.6 Å². The molecule has 0 unspecified atom stereocenters. The lowest BCUT2D eigenvalue weighted by atomic mass is 10.1. The molecule has 9 heteroatoms. The van der Waals surface area contributed by atoms with E-state index < -0.39 is 30.6 Å². The number of imide groups is 1. The van der Waals surface area contributed by atoms with Crippen molar-refractivity contribution in [3.8, 4) is 0 Å². The van der Waals surface area contributed by atoms with Crippen LogP contribution in [0.2, 0.25) is 0 Å². The third kappa shape index (κ3) is 3.74. The summed E-state index contributed by atoms with van der Waals surface area (Å²) < 4.78 is 36.4. The quantitative estimate of drug-likeness (QED) is 0.815. The third-order valence-electron chi connectivity index (χ3n) is 2.98. The molecule has 6 nitrogen and oxygen atoms in total. The fourth-order valence-corrected chi connectivity index (χ4v) is 1.94. The van der Waals surface area contributed by atoms with E-state index in [1.165, 1.54) is 18.2 Å². The van der Waals surface area contributed by atoms with Gasteiger partial charge in [-0.3, -0.25) is 14.5 Å². The Bertz CT molecular complexity index is 600. The Hall–Kier alpha value is -2.58. The first-order valence-corrected chi connectivity index (χ1v) is 6.29. The lowest BCUT2D eigenvalue weighted by Crippen LogP contribution is -2.35. The first-order valence-electron chi connectivity index (χ1n) is 6.29. The Morgan fingerprint density at radius 2 is 1.95 bits per heavy atom. The average Bonchev–Trinajstić information content (AvgIpc) is 2.76. The zero-order valence-corrected chi connectivity index (χ0v) is 11.2. The summed E-state index contributed by atoms with van der Waals surface area (Å²) in [6.07, 6.45) is -4.52. The number of alkyl halides is 3. The van der Waals surface area contributed by atoms with E-state index in [2.05, 4.69) is 5.32 Å². The molecule has 1 aliphatic rings. The van der Waals surface area contributed by atoms with Crippen molar-refractivity contribution >= 4 is 17.8 Å². The van der Waals surface area contributed by atoms with Gasteiger partial charge >= 0.3 is 12.2 Å². The predicted octanol–water partition coefficient (Wildman–Crippen LogP) is 1.03. The predicted molar refractivity (Wildman–Crippen MR) is 68.8 cm³/mol. The van der Waals surface area contributed by atoms with Crippen molar-refractivity contribution in [3.63, 3.8) is 0 Å². The van der Waals surface area contributed by atoms with Crippen molar-refractivity contribution in [2.45, 2.75) is 12.7 Å². The third-order valence-corrected chi connectivity index (χ3v) is 2.98. The Morgan fingerprint density at radius 1 is 1.27 bits per heavy atom. The monoisotopic (exact) mass is 315 g/mol. The molecule has 1 fully saturated rings. The van der Waals surface area contributed by atoms with Crippen LogP contribution in [0.4, 0.5) is 18.0 Å². The maximum atomic E-state index is 12.1. The van der Waals surface area contributed by atoms with Gasteiger partial charge in [0.1, 0.15) is 6.54 Å². The van der Waals surface area contributed by atoms with Crippen molar-refractivity contribution in [1.82, 2.24) is 15.5 Å². The molecule has 0 aliphatic carbocycles. The number of carbonyl (C=O) groups excluding carboxylic acids is 3. The highest BCUT2D eigenvalue weighted by Gasteiger charge is 2.31. The van der Waals surface area contributed by atoms with Gasteiger partial charge in [0.05, 0.1) is 13.1 Å². The summed E-state index contributed by atoms with van der Waals surface area (Å²) in [5.41, 5.74) is 0.270. The number of carbonyl (C=O) groups is 3. The zero-order valence-electron chi connectivity index (χ0n) is 11.2. The van der Waals surface area contributed by atoms with Crippen molar-refractivity contribution in [3.05, 3.63) is 35.4 Å². The van der Waals surface area contributed by atoms with Gasteiger partial charge in [-0.2, -0.15) is 13.2 Å². The van der Waals surface area contributed by atoms with E-state index in [0.717, 1.165) is 4.90 Å². The maximum Gasteiger partial charge on any atom is 0.405 e. The highest BCUT2D eigenvalue weighted by atomic mass is 19.4. The van der Waals surface area contributed by atoms with Crippen LogP contribution in [0.25, 0.3) is 0 Å². The number of amides is 4. The zero-order chi connectivity index (χ0) is 16.3. The molecule has 4 amide bonds. The average molecular weight is 315 g/mol. The molecule has 0 atom stereocenters. The Labute approximate surface area is 123 Å². The summed E-state index contributed by atoms with van der Waals surface area (Å²) in [6, 6.07) is 5.25. The van der Waals surface area contributed by atoms with Gasteiger partial charge in [-0.1, -0.05) is 18.2 Å². The minimum atomic E-state index is -4.52. The van der Waals surface area contributed by atoms with Crippen LogP contribution >= 0.6 is 0 Å². The summed E-state index contributed by atoms with van der Waals surface area (Å²) in [5, 5.41) is 4.08. The van der Waals surface area contributed by atoms with Gasteiger partial charge in [0.2, 0.25) is 5.91 Å². The molecule has 22 heavy (non-hydrogen) atoms. The van der Waals surface area contributed by atoms with Crippen LogP contribution in [-0.4, -0.2) is 42.0 Å². The highest BCUT2D eigenvalue weighted by molar-refractivity contribution is 6.02. The Kier molecular flexibility index (Phi) is 4.34. The second kappa shape index (κ2) is 6.04. The van der Waals surface area contributed by atoms with Crippen LogP contribution in [0.1, 0.15) is 15.9 Å². The summed E-state index contributed by atoms with van der Waals surface area (Å²) in [5.74, 6) is -1.38. The first-order chi connectivity index (χ1) is 10.3. The molecule has 0 aromatic heterocycles. The van der Waals surface area contributed by atoms with E-state index in [1.807, 2.05) is 0 Å². The lowest BCUT2D eigenvalue weighted by molar-refractivity contribution is -0.125. The molecule has 1 aromatic rings. The Morgan fingerprint density at radius 3 is 2.55 bits per heavy atom. The standard InChI is InChI=1S/C13H12F3N3O3/c14-13(15,16)7-18-11(21)9-4-2-1-3-8(9)6-19-10(20)5-17-12(19)22/h1-4H,5-7H2,(H,17,22)(H,18,21).